The zero-order valence-corrected chi connectivity index (χ0v) is 12.2. The highest BCUT2D eigenvalue weighted by Crippen LogP contribution is 2.30. The highest BCUT2D eigenvalue weighted by atomic mass is 16.5. The monoisotopic (exact) mass is 282 g/mol. The Morgan fingerprint density at radius 1 is 0.905 bits per heavy atom. The van der Waals surface area contributed by atoms with Gasteiger partial charge in [0.25, 0.3) is 0 Å². The molecule has 0 amide bonds. The van der Waals surface area contributed by atoms with Gasteiger partial charge >= 0.3 is 0 Å². The van der Waals surface area contributed by atoms with E-state index in [0.717, 1.165) is 38.0 Å². The number of benzene rings is 2. The summed E-state index contributed by atoms with van der Waals surface area (Å²) in [6.07, 6.45) is 2.48. The highest BCUT2D eigenvalue weighted by molar-refractivity contribution is 5.29. The van der Waals surface area contributed by atoms with E-state index in [1.165, 1.54) is 11.1 Å². The van der Waals surface area contributed by atoms with E-state index in [2.05, 4.69) is 48.5 Å². The van der Waals surface area contributed by atoms with Crippen LogP contribution in [0.1, 0.15) is 35.6 Å². The molecule has 2 heteroatoms. The minimum absolute atomic E-state index is 0.332. The van der Waals surface area contributed by atoms with Gasteiger partial charge in [-0.2, -0.15) is 0 Å². The summed E-state index contributed by atoms with van der Waals surface area (Å²) in [5.74, 6) is 0.332. The van der Waals surface area contributed by atoms with Crippen LogP contribution >= 0.6 is 0 Å². The third kappa shape index (κ3) is 3.72. The molecule has 1 aliphatic rings. The lowest BCUT2D eigenvalue weighted by molar-refractivity contribution is 0.00718. The van der Waals surface area contributed by atoms with Crippen LogP contribution in [0.3, 0.4) is 0 Å². The molecule has 0 aromatic heterocycles. The fourth-order valence-corrected chi connectivity index (χ4v) is 2.97. The molecule has 0 aliphatic carbocycles. The lowest BCUT2D eigenvalue weighted by Crippen LogP contribution is -2.21. The van der Waals surface area contributed by atoms with Crippen LogP contribution in [0.2, 0.25) is 0 Å². The summed E-state index contributed by atoms with van der Waals surface area (Å²) in [6.45, 7) is 1.54. The smallest absolute Gasteiger partial charge is 0.0819 e. The lowest BCUT2D eigenvalue weighted by atomic mass is 9.89. The molecule has 2 nitrogen and oxygen atoms in total. The van der Waals surface area contributed by atoms with Crippen molar-refractivity contribution in [3.05, 3.63) is 71.3 Å². The summed E-state index contributed by atoms with van der Waals surface area (Å²) in [5, 5.41) is 10.5. The highest BCUT2D eigenvalue weighted by Gasteiger charge is 2.23. The molecule has 1 unspecified atom stereocenters. The van der Waals surface area contributed by atoms with Crippen LogP contribution in [-0.4, -0.2) is 18.3 Å². The van der Waals surface area contributed by atoms with Gasteiger partial charge in [-0.25, -0.2) is 0 Å². The Kier molecular flexibility index (Phi) is 4.69. The predicted molar refractivity (Wildman–Crippen MR) is 84.2 cm³/mol. The van der Waals surface area contributed by atoms with Gasteiger partial charge in [0.05, 0.1) is 6.10 Å². The van der Waals surface area contributed by atoms with Gasteiger partial charge in [0, 0.05) is 13.2 Å². The van der Waals surface area contributed by atoms with Gasteiger partial charge in [0.2, 0.25) is 0 Å². The van der Waals surface area contributed by atoms with Crippen molar-refractivity contribution in [1.29, 1.82) is 0 Å². The summed E-state index contributed by atoms with van der Waals surface area (Å²) in [4.78, 5) is 0. The number of aliphatic hydroxyl groups is 1. The van der Waals surface area contributed by atoms with Gasteiger partial charge < -0.3 is 9.84 Å². The summed E-state index contributed by atoms with van der Waals surface area (Å²) >= 11 is 0. The molecule has 0 radical (unpaired) electrons. The topological polar surface area (TPSA) is 29.5 Å². The molecule has 3 rings (SSSR count). The second-order valence-electron chi connectivity index (χ2n) is 5.80. The molecule has 1 saturated heterocycles. The Morgan fingerprint density at radius 2 is 1.52 bits per heavy atom. The van der Waals surface area contributed by atoms with Crippen molar-refractivity contribution >= 4 is 0 Å². The zero-order valence-electron chi connectivity index (χ0n) is 12.2. The van der Waals surface area contributed by atoms with E-state index in [1.54, 1.807) is 0 Å². The summed E-state index contributed by atoms with van der Waals surface area (Å²) < 4.78 is 5.36. The molecule has 0 bridgehead atoms. The van der Waals surface area contributed by atoms with Crippen molar-refractivity contribution in [2.45, 2.75) is 25.4 Å². The average molecular weight is 282 g/mol. The molecule has 1 heterocycles. The second-order valence-corrected chi connectivity index (χ2v) is 5.80. The Hall–Kier alpha value is -1.64. The largest absolute Gasteiger partial charge is 0.388 e. The molecular weight excluding hydrogens is 260 g/mol. The van der Waals surface area contributed by atoms with E-state index in [0.29, 0.717) is 5.92 Å². The van der Waals surface area contributed by atoms with Crippen molar-refractivity contribution in [3.63, 3.8) is 0 Å². The standard InChI is InChI=1S/C19H22O2/c20-19(18-10-12-21-13-11-18)17-8-6-16(7-9-17)14-15-4-2-1-3-5-15/h1-9,18-20H,10-14H2. The maximum absolute atomic E-state index is 10.5. The van der Waals surface area contributed by atoms with Crippen LogP contribution < -0.4 is 0 Å². The van der Waals surface area contributed by atoms with Gasteiger partial charge in [0.1, 0.15) is 0 Å². The maximum Gasteiger partial charge on any atom is 0.0819 e. The minimum Gasteiger partial charge on any atom is -0.388 e. The van der Waals surface area contributed by atoms with Crippen molar-refractivity contribution < 1.29 is 9.84 Å². The zero-order chi connectivity index (χ0) is 14.5. The molecule has 1 aliphatic heterocycles. The maximum atomic E-state index is 10.5. The number of hydrogen-bond donors (Lipinski definition) is 1. The quantitative estimate of drug-likeness (QED) is 0.925. The van der Waals surface area contributed by atoms with E-state index >= 15 is 0 Å². The van der Waals surface area contributed by atoms with Gasteiger partial charge in [-0.15, -0.1) is 0 Å². The Labute approximate surface area is 126 Å². The number of aliphatic hydroxyl groups excluding tert-OH is 1. The molecule has 21 heavy (non-hydrogen) atoms. The van der Waals surface area contributed by atoms with Crippen LogP contribution in [-0.2, 0) is 11.2 Å². The van der Waals surface area contributed by atoms with Crippen molar-refractivity contribution in [2.75, 3.05) is 13.2 Å². The normalized spacial score (nSPS) is 17.6. The Bertz CT molecular complexity index is 542. The third-order valence-corrected chi connectivity index (χ3v) is 4.28. The molecule has 0 spiro atoms. The Morgan fingerprint density at radius 3 is 2.19 bits per heavy atom. The van der Waals surface area contributed by atoms with Crippen LogP contribution in [0.5, 0.6) is 0 Å². The van der Waals surface area contributed by atoms with E-state index in [9.17, 15) is 5.11 Å². The average Bonchev–Trinajstić information content (AvgIpc) is 2.57. The van der Waals surface area contributed by atoms with Crippen molar-refractivity contribution in [1.82, 2.24) is 0 Å². The fourth-order valence-electron chi connectivity index (χ4n) is 2.97. The van der Waals surface area contributed by atoms with Crippen molar-refractivity contribution in [2.24, 2.45) is 5.92 Å². The van der Waals surface area contributed by atoms with Gasteiger partial charge in [-0.05, 0) is 41.9 Å². The van der Waals surface area contributed by atoms with E-state index in [4.69, 9.17) is 4.74 Å². The van der Waals surface area contributed by atoms with Crippen LogP contribution in [0, 0.1) is 5.92 Å². The fraction of sp³-hybridized carbons (Fsp3) is 0.368. The van der Waals surface area contributed by atoms with Gasteiger partial charge in [0.15, 0.2) is 0 Å². The summed E-state index contributed by atoms with van der Waals surface area (Å²) in [6, 6.07) is 18.9. The van der Waals surface area contributed by atoms with Crippen LogP contribution in [0.25, 0.3) is 0 Å². The summed E-state index contributed by atoms with van der Waals surface area (Å²) in [7, 11) is 0. The lowest BCUT2D eigenvalue weighted by Gasteiger charge is -2.27. The molecule has 2 aromatic rings. The molecule has 0 saturated carbocycles. The molecule has 1 atom stereocenters. The first-order chi connectivity index (χ1) is 10.3. The molecular formula is C19H22O2. The van der Waals surface area contributed by atoms with Crippen LogP contribution in [0.15, 0.2) is 54.6 Å². The van der Waals surface area contributed by atoms with Gasteiger partial charge in [-0.1, -0.05) is 54.6 Å². The minimum atomic E-state index is -0.361. The number of ether oxygens (including phenoxy) is 1. The Balaban J connectivity index is 1.66. The van der Waals surface area contributed by atoms with Crippen LogP contribution in [0.4, 0.5) is 0 Å². The predicted octanol–water partition coefficient (Wildman–Crippen LogP) is 3.74. The van der Waals surface area contributed by atoms with E-state index in [-0.39, 0.29) is 6.10 Å². The number of rotatable bonds is 4. The molecule has 1 fully saturated rings. The van der Waals surface area contributed by atoms with Gasteiger partial charge in [-0.3, -0.25) is 0 Å². The first-order valence-electron chi connectivity index (χ1n) is 7.71. The first-order valence-corrected chi connectivity index (χ1v) is 7.71. The first kappa shape index (κ1) is 14.3. The third-order valence-electron chi connectivity index (χ3n) is 4.28. The molecule has 1 N–H and O–H groups in total. The SMILES string of the molecule is OC(c1ccc(Cc2ccccc2)cc1)C1CCOCC1. The van der Waals surface area contributed by atoms with E-state index in [1.807, 2.05) is 6.07 Å². The molecule has 2 aromatic carbocycles. The number of hydrogen-bond acceptors (Lipinski definition) is 2. The summed E-state index contributed by atoms with van der Waals surface area (Å²) in [5.41, 5.74) is 3.62. The molecule has 110 valence electrons. The van der Waals surface area contributed by atoms with Crippen molar-refractivity contribution in [3.8, 4) is 0 Å². The second kappa shape index (κ2) is 6.88. The van der Waals surface area contributed by atoms with E-state index < -0.39 is 0 Å².